The van der Waals surface area contributed by atoms with Crippen molar-refractivity contribution in [1.29, 1.82) is 0 Å². The smallest absolute Gasteiger partial charge is 0.357 e. The summed E-state index contributed by atoms with van der Waals surface area (Å²) in [5.74, 6) is 0.499. The molecule has 0 atom stereocenters. The molecule has 0 bridgehead atoms. The molecule has 1 rings (SSSR count). The first-order valence-corrected chi connectivity index (χ1v) is 8.28. The molecule has 7 heteroatoms. The van der Waals surface area contributed by atoms with Crippen LogP contribution in [0.5, 0.6) is 0 Å². The molecule has 0 saturated carbocycles. The predicted molar refractivity (Wildman–Crippen MR) is 84.2 cm³/mol. The third-order valence-corrected chi connectivity index (χ3v) is 3.77. The van der Waals surface area contributed by atoms with Gasteiger partial charge in [-0.25, -0.2) is 0 Å². The fourth-order valence-electron chi connectivity index (χ4n) is 2.49. The SMILES string of the molecule is CCCCN1CCC(NC(=NCCC(F)(F)F)NCC)CC1. The maximum atomic E-state index is 12.2. The summed E-state index contributed by atoms with van der Waals surface area (Å²) in [5, 5.41) is 6.28. The van der Waals surface area contributed by atoms with Crippen molar-refractivity contribution in [2.75, 3.05) is 32.7 Å². The molecule has 1 fully saturated rings. The van der Waals surface area contributed by atoms with Crippen molar-refractivity contribution in [2.45, 2.75) is 58.2 Å². The summed E-state index contributed by atoms with van der Waals surface area (Å²) < 4.78 is 36.5. The summed E-state index contributed by atoms with van der Waals surface area (Å²) in [6.45, 7) is 7.74. The second-order valence-electron chi connectivity index (χ2n) is 5.74. The summed E-state index contributed by atoms with van der Waals surface area (Å²) in [7, 11) is 0. The molecule has 4 nitrogen and oxygen atoms in total. The van der Waals surface area contributed by atoms with Crippen molar-refractivity contribution in [1.82, 2.24) is 15.5 Å². The zero-order valence-corrected chi connectivity index (χ0v) is 13.7. The van der Waals surface area contributed by atoms with Crippen LogP contribution in [0.15, 0.2) is 4.99 Å². The van der Waals surface area contributed by atoms with Gasteiger partial charge >= 0.3 is 6.18 Å². The summed E-state index contributed by atoms with van der Waals surface area (Å²) in [5.41, 5.74) is 0. The molecular formula is C15H29F3N4. The molecule has 2 N–H and O–H groups in total. The number of hydrogen-bond donors (Lipinski definition) is 2. The standard InChI is InChI=1S/C15H29F3N4/c1-3-5-10-22-11-6-13(7-12-22)21-14(19-4-2)20-9-8-15(16,17)18/h13H,3-12H2,1-2H3,(H2,19,20,21). The van der Waals surface area contributed by atoms with Crippen LogP contribution in [0.25, 0.3) is 0 Å². The molecule has 0 aromatic rings. The highest BCUT2D eigenvalue weighted by Crippen LogP contribution is 2.19. The first-order valence-electron chi connectivity index (χ1n) is 8.28. The summed E-state index contributed by atoms with van der Waals surface area (Å²) in [6.07, 6.45) is -0.584. The highest BCUT2D eigenvalue weighted by Gasteiger charge is 2.26. The number of alkyl halides is 3. The van der Waals surface area contributed by atoms with E-state index in [0.717, 1.165) is 32.5 Å². The van der Waals surface area contributed by atoms with E-state index in [9.17, 15) is 13.2 Å². The largest absolute Gasteiger partial charge is 0.390 e. The van der Waals surface area contributed by atoms with Gasteiger partial charge in [0, 0.05) is 25.7 Å². The lowest BCUT2D eigenvalue weighted by atomic mass is 10.0. The van der Waals surface area contributed by atoms with Crippen LogP contribution in [-0.2, 0) is 0 Å². The van der Waals surface area contributed by atoms with E-state index in [4.69, 9.17) is 0 Å². The highest BCUT2D eigenvalue weighted by molar-refractivity contribution is 5.80. The van der Waals surface area contributed by atoms with Crippen molar-refractivity contribution in [3.05, 3.63) is 0 Å². The highest BCUT2D eigenvalue weighted by atomic mass is 19.4. The average molecular weight is 322 g/mol. The Hall–Kier alpha value is -0.980. The van der Waals surface area contributed by atoms with Crippen molar-refractivity contribution in [3.8, 4) is 0 Å². The number of nitrogens with one attached hydrogen (secondary N) is 2. The Bertz CT molecular complexity index is 323. The van der Waals surface area contributed by atoms with Crippen LogP contribution in [0.2, 0.25) is 0 Å². The average Bonchev–Trinajstić information content (AvgIpc) is 2.45. The molecule has 0 spiro atoms. The van der Waals surface area contributed by atoms with Crippen molar-refractivity contribution < 1.29 is 13.2 Å². The van der Waals surface area contributed by atoms with Gasteiger partial charge in [-0.3, -0.25) is 4.99 Å². The van der Waals surface area contributed by atoms with Crippen molar-refractivity contribution in [3.63, 3.8) is 0 Å². The van der Waals surface area contributed by atoms with Crippen LogP contribution in [0, 0.1) is 0 Å². The zero-order valence-electron chi connectivity index (χ0n) is 13.7. The lowest BCUT2D eigenvalue weighted by molar-refractivity contribution is -0.132. The van der Waals surface area contributed by atoms with E-state index in [0.29, 0.717) is 18.5 Å². The van der Waals surface area contributed by atoms with E-state index >= 15 is 0 Å². The number of rotatable bonds is 7. The van der Waals surface area contributed by atoms with Gasteiger partial charge in [0.25, 0.3) is 0 Å². The number of nitrogens with zero attached hydrogens (tertiary/aromatic N) is 2. The molecular weight excluding hydrogens is 293 g/mol. The van der Waals surface area contributed by atoms with Crippen LogP contribution < -0.4 is 10.6 Å². The molecule has 0 amide bonds. The first kappa shape index (κ1) is 19.1. The fourth-order valence-corrected chi connectivity index (χ4v) is 2.49. The van der Waals surface area contributed by atoms with Crippen LogP contribution in [0.3, 0.4) is 0 Å². The Morgan fingerprint density at radius 3 is 2.45 bits per heavy atom. The number of unbranched alkanes of at least 4 members (excludes halogenated alkanes) is 1. The number of likely N-dealkylation sites (tertiary alicyclic amines) is 1. The van der Waals surface area contributed by atoms with Crippen LogP contribution in [0.1, 0.15) is 46.0 Å². The molecule has 1 heterocycles. The quantitative estimate of drug-likeness (QED) is 0.559. The third kappa shape index (κ3) is 8.46. The Kier molecular flexibility index (Phi) is 8.60. The Morgan fingerprint density at radius 1 is 1.23 bits per heavy atom. The number of hydrogen-bond acceptors (Lipinski definition) is 2. The molecule has 1 aliphatic rings. The predicted octanol–water partition coefficient (Wildman–Crippen LogP) is 2.76. The normalized spacial score (nSPS) is 18.5. The third-order valence-electron chi connectivity index (χ3n) is 3.77. The zero-order chi connectivity index (χ0) is 16.4. The second-order valence-corrected chi connectivity index (χ2v) is 5.74. The van der Waals surface area contributed by atoms with Crippen LogP contribution >= 0.6 is 0 Å². The summed E-state index contributed by atoms with van der Waals surface area (Å²) in [4.78, 5) is 6.48. The molecule has 1 saturated heterocycles. The minimum Gasteiger partial charge on any atom is -0.357 e. The first-order chi connectivity index (χ1) is 10.4. The number of aliphatic imine (C=N–C) groups is 1. The Morgan fingerprint density at radius 2 is 1.91 bits per heavy atom. The summed E-state index contributed by atoms with van der Waals surface area (Å²) >= 11 is 0. The molecule has 0 aromatic carbocycles. The van der Waals surface area contributed by atoms with Gasteiger partial charge in [-0.1, -0.05) is 13.3 Å². The monoisotopic (exact) mass is 322 g/mol. The minimum absolute atomic E-state index is 0.228. The van der Waals surface area contributed by atoms with Crippen molar-refractivity contribution >= 4 is 5.96 Å². The second kappa shape index (κ2) is 9.92. The molecule has 130 valence electrons. The van der Waals surface area contributed by atoms with Crippen molar-refractivity contribution in [2.24, 2.45) is 4.99 Å². The van der Waals surface area contributed by atoms with Crippen LogP contribution in [0.4, 0.5) is 13.2 Å². The lowest BCUT2D eigenvalue weighted by Gasteiger charge is -2.33. The van der Waals surface area contributed by atoms with Gasteiger partial charge in [-0.2, -0.15) is 13.2 Å². The van der Waals surface area contributed by atoms with Gasteiger partial charge in [-0.05, 0) is 32.7 Å². The molecule has 0 aromatic heterocycles. The molecule has 22 heavy (non-hydrogen) atoms. The van der Waals surface area contributed by atoms with E-state index in [1.54, 1.807) is 0 Å². The summed E-state index contributed by atoms with van der Waals surface area (Å²) in [6, 6.07) is 0.293. The van der Waals surface area contributed by atoms with E-state index in [-0.39, 0.29) is 6.54 Å². The fraction of sp³-hybridized carbons (Fsp3) is 0.933. The van der Waals surface area contributed by atoms with Gasteiger partial charge < -0.3 is 15.5 Å². The number of piperidine rings is 1. The van der Waals surface area contributed by atoms with E-state index in [1.165, 1.54) is 12.8 Å². The topological polar surface area (TPSA) is 39.7 Å². The molecule has 0 radical (unpaired) electrons. The number of guanidine groups is 1. The minimum atomic E-state index is -4.15. The molecule has 0 unspecified atom stereocenters. The number of halogens is 3. The van der Waals surface area contributed by atoms with Gasteiger partial charge in [0.1, 0.15) is 0 Å². The van der Waals surface area contributed by atoms with Gasteiger partial charge in [0.15, 0.2) is 5.96 Å². The Labute approximate surface area is 131 Å². The van der Waals surface area contributed by atoms with E-state index in [1.807, 2.05) is 6.92 Å². The molecule has 0 aliphatic carbocycles. The van der Waals surface area contributed by atoms with E-state index < -0.39 is 12.6 Å². The maximum Gasteiger partial charge on any atom is 0.390 e. The van der Waals surface area contributed by atoms with Crippen LogP contribution in [-0.4, -0.2) is 55.8 Å². The lowest BCUT2D eigenvalue weighted by Crippen LogP contribution is -2.48. The maximum absolute atomic E-state index is 12.2. The van der Waals surface area contributed by atoms with Gasteiger partial charge in [-0.15, -0.1) is 0 Å². The van der Waals surface area contributed by atoms with E-state index in [2.05, 4.69) is 27.4 Å². The Balaban J connectivity index is 2.36. The van der Waals surface area contributed by atoms with Gasteiger partial charge in [0.05, 0.1) is 13.0 Å². The van der Waals surface area contributed by atoms with Gasteiger partial charge in [0.2, 0.25) is 0 Å². The molecule has 1 aliphatic heterocycles.